The van der Waals surface area contributed by atoms with Crippen LogP contribution in [-0.4, -0.2) is 4.92 Å². The molecule has 0 aliphatic rings. The highest BCUT2D eigenvalue weighted by molar-refractivity contribution is 5.29. The quantitative estimate of drug-likeness (QED) is 0.439. The molecule has 0 aliphatic carbocycles. The molecule has 1 aromatic rings. The third-order valence-electron chi connectivity index (χ3n) is 1.68. The van der Waals surface area contributed by atoms with Crippen LogP contribution in [0.5, 0.6) is 0 Å². The van der Waals surface area contributed by atoms with E-state index in [1.807, 2.05) is 0 Å². The number of nitrogens with zero attached hydrogens (tertiary/aromatic N) is 1. The fourth-order valence-corrected chi connectivity index (χ4v) is 1.09. The number of benzene rings is 1. The van der Waals surface area contributed by atoms with Gasteiger partial charge in [-0.25, -0.2) is 4.39 Å². The number of halogens is 4. The minimum atomic E-state index is -4.78. The fourth-order valence-electron chi connectivity index (χ4n) is 1.09. The Morgan fingerprint density at radius 3 is 2.40 bits per heavy atom. The molecule has 7 heteroatoms. The molecule has 0 N–H and O–H groups in total. The van der Waals surface area contributed by atoms with Gasteiger partial charge in [-0.2, -0.15) is 13.2 Å². The first kappa shape index (κ1) is 11.4. The van der Waals surface area contributed by atoms with Crippen molar-refractivity contribution in [3.05, 3.63) is 45.3 Å². The fraction of sp³-hybridized carbons (Fsp3) is 0.250. The molecule has 0 amide bonds. The second-order valence-electron chi connectivity index (χ2n) is 2.79. The predicted molar refractivity (Wildman–Crippen MR) is 42.1 cm³/mol. The van der Waals surface area contributed by atoms with Crippen LogP contribution in [0.1, 0.15) is 11.1 Å². The molecule has 82 valence electrons. The lowest BCUT2D eigenvalue weighted by atomic mass is 10.1. The molecule has 0 aromatic heterocycles. The van der Waals surface area contributed by atoms with Crippen molar-refractivity contribution in [2.24, 2.45) is 0 Å². The Hall–Kier alpha value is -1.66. The molecule has 0 saturated carbocycles. The van der Waals surface area contributed by atoms with Gasteiger partial charge in [0.25, 0.3) is 0 Å². The third kappa shape index (κ3) is 2.90. The lowest BCUT2D eigenvalue weighted by Crippen LogP contribution is -2.12. The van der Waals surface area contributed by atoms with Gasteiger partial charge in [0.2, 0.25) is 6.54 Å². The highest BCUT2D eigenvalue weighted by Crippen LogP contribution is 2.32. The van der Waals surface area contributed by atoms with Crippen LogP contribution in [0.4, 0.5) is 17.6 Å². The Labute approximate surface area is 81.5 Å². The summed E-state index contributed by atoms with van der Waals surface area (Å²) in [6.45, 7) is -0.977. The van der Waals surface area contributed by atoms with Gasteiger partial charge < -0.3 is 0 Å². The van der Waals surface area contributed by atoms with Gasteiger partial charge in [0.1, 0.15) is 5.82 Å². The largest absolute Gasteiger partial charge is 0.417 e. The van der Waals surface area contributed by atoms with E-state index in [2.05, 4.69) is 0 Å². The molecule has 0 spiro atoms. The number of alkyl halides is 3. The van der Waals surface area contributed by atoms with E-state index in [9.17, 15) is 27.7 Å². The minimum Gasteiger partial charge on any atom is -0.264 e. The van der Waals surface area contributed by atoms with Gasteiger partial charge in [-0.1, -0.05) is 0 Å². The van der Waals surface area contributed by atoms with E-state index in [0.717, 1.165) is 12.1 Å². The number of hydrogen-bond donors (Lipinski definition) is 0. The van der Waals surface area contributed by atoms with Crippen molar-refractivity contribution in [1.82, 2.24) is 0 Å². The zero-order valence-corrected chi connectivity index (χ0v) is 7.21. The molecule has 0 saturated heterocycles. The molecule has 0 unspecified atom stereocenters. The third-order valence-corrected chi connectivity index (χ3v) is 1.68. The molecule has 1 rings (SSSR count). The summed E-state index contributed by atoms with van der Waals surface area (Å²) in [5.41, 5.74) is -1.85. The monoisotopic (exact) mass is 223 g/mol. The van der Waals surface area contributed by atoms with E-state index in [0.29, 0.717) is 0 Å². The normalized spacial score (nSPS) is 11.5. The first-order valence-corrected chi connectivity index (χ1v) is 3.78. The number of hydrogen-bond acceptors (Lipinski definition) is 2. The summed E-state index contributed by atoms with van der Waals surface area (Å²) in [7, 11) is 0. The Morgan fingerprint density at radius 1 is 1.33 bits per heavy atom. The van der Waals surface area contributed by atoms with Gasteiger partial charge in [-0.3, -0.25) is 10.1 Å². The zero-order chi connectivity index (χ0) is 11.6. The van der Waals surface area contributed by atoms with Crippen molar-refractivity contribution in [3.8, 4) is 0 Å². The zero-order valence-electron chi connectivity index (χ0n) is 7.21. The Kier molecular flexibility index (Phi) is 2.92. The van der Waals surface area contributed by atoms with Crippen molar-refractivity contribution < 1.29 is 22.5 Å². The van der Waals surface area contributed by atoms with Gasteiger partial charge >= 0.3 is 6.18 Å². The predicted octanol–water partition coefficient (Wildman–Crippen LogP) is 2.62. The van der Waals surface area contributed by atoms with Crippen LogP contribution in [-0.2, 0) is 12.7 Å². The molecule has 0 aliphatic heterocycles. The van der Waals surface area contributed by atoms with E-state index in [1.54, 1.807) is 0 Å². The van der Waals surface area contributed by atoms with Gasteiger partial charge in [-0.15, -0.1) is 0 Å². The average molecular weight is 223 g/mol. The van der Waals surface area contributed by atoms with Gasteiger partial charge in [0.15, 0.2) is 0 Å². The molecule has 15 heavy (non-hydrogen) atoms. The summed E-state index contributed by atoms with van der Waals surface area (Å²) in [5, 5.41) is 10.1. The first-order valence-electron chi connectivity index (χ1n) is 3.78. The lowest BCUT2D eigenvalue weighted by molar-refractivity contribution is -0.497. The van der Waals surface area contributed by atoms with Crippen molar-refractivity contribution >= 4 is 0 Å². The second kappa shape index (κ2) is 3.84. The lowest BCUT2D eigenvalue weighted by Gasteiger charge is -2.09. The first-order chi connectivity index (χ1) is 6.80. The molecule has 0 fully saturated rings. The molecule has 0 heterocycles. The summed E-state index contributed by atoms with van der Waals surface area (Å²) >= 11 is 0. The van der Waals surface area contributed by atoms with Gasteiger partial charge in [-0.05, 0) is 18.2 Å². The molecule has 3 nitrogen and oxygen atoms in total. The van der Waals surface area contributed by atoms with E-state index >= 15 is 0 Å². The van der Waals surface area contributed by atoms with Gasteiger partial charge in [0, 0.05) is 10.5 Å². The van der Waals surface area contributed by atoms with Crippen LogP contribution < -0.4 is 0 Å². The van der Waals surface area contributed by atoms with E-state index in [4.69, 9.17) is 0 Å². The van der Waals surface area contributed by atoms with Crippen LogP contribution in [0.25, 0.3) is 0 Å². The standard InChI is InChI=1S/C8H5F4NO2/c9-6-2-1-5(4-13(14)15)7(3-6)8(10,11)12/h1-3H,4H2. The van der Waals surface area contributed by atoms with E-state index in [1.165, 1.54) is 0 Å². The summed E-state index contributed by atoms with van der Waals surface area (Å²) in [4.78, 5) is 9.18. The Morgan fingerprint density at radius 2 is 1.93 bits per heavy atom. The van der Waals surface area contributed by atoms with Crippen LogP contribution in [0.2, 0.25) is 0 Å². The van der Waals surface area contributed by atoms with Crippen molar-refractivity contribution in [3.63, 3.8) is 0 Å². The smallest absolute Gasteiger partial charge is 0.264 e. The number of rotatable bonds is 2. The second-order valence-corrected chi connectivity index (χ2v) is 2.79. The topological polar surface area (TPSA) is 43.1 Å². The summed E-state index contributed by atoms with van der Waals surface area (Å²) in [6, 6.07) is 1.77. The number of nitro groups is 1. The van der Waals surface area contributed by atoms with Crippen molar-refractivity contribution in [2.75, 3.05) is 0 Å². The minimum absolute atomic E-state index is 0.249. The SMILES string of the molecule is O=[N+]([O-])Cc1ccc(F)cc1C(F)(F)F. The maximum atomic E-state index is 12.5. The van der Waals surface area contributed by atoms with Crippen LogP contribution in [0, 0.1) is 15.9 Å². The highest BCUT2D eigenvalue weighted by atomic mass is 19.4. The van der Waals surface area contributed by atoms with Crippen LogP contribution >= 0.6 is 0 Å². The molecular weight excluding hydrogens is 218 g/mol. The molecule has 0 atom stereocenters. The van der Waals surface area contributed by atoms with Crippen molar-refractivity contribution in [2.45, 2.75) is 12.7 Å². The molecule has 1 aromatic carbocycles. The maximum Gasteiger partial charge on any atom is 0.417 e. The average Bonchev–Trinajstić information content (AvgIpc) is 2.05. The Balaban J connectivity index is 3.20. The van der Waals surface area contributed by atoms with Gasteiger partial charge in [0.05, 0.1) is 5.56 Å². The van der Waals surface area contributed by atoms with Crippen LogP contribution in [0.3, 0.4) is 0 Å². The van der Waals surface area contributed by atoms with E-state index < -0.39 is 34.6 Å². The van der Waals surface area contributed by atoms with Crippen LogP contribution in [0.15, 0.2) is 18.2 Å². The molecule has 0 bridgehead atoms. The maximum absolute atomic E-state index is 12.5. The highest BCUT2D eigenvalue weighted by Gasteiger charge is 2.34. The summed E-state index contributed by atoms with van der Waals surface area (Å²) in [5.74, 6) is -1.07. The summed E-state index contributed by atoms with van der Waals surface area (Å²) < 4.78 is 49.4. The van der Waals surface area contributed by atoms with Crippen molar-refractivity contribution in [1.29, 1.82) is 0 Å². The molecular formula is C8H5F4NO2. The van der Waals surface area contributed by atoms with E-state index in [-0.39, 0.29) is 6.07 Å². The summed E-state index contributed by atoms with van der Waals surface area (Å²) in [6.07, 6.45) is -4.78. The Bertz CT molecular complexity index is 389. The molecule has 0 radical (unpaired) electrons.